The Labute approximate surface area is 95.7 Å². The summed E-state index contributed by atoms with van der Waals surface area (Å²) in [6, 6.07) is -0.0141. The average Bonchev–Trinajstić information content (AvgIpc) is 2.69. The number of rotatable bonds is 6. The van der Waals surface area contributed by atoms with Crippen molar-refractivity contribution in [2.24, 2.45) is 0 Å². The standard InChI is InChI=1S/C10H21N3O3/c1-8(14)6-11-3-4-12-10(15)13-9-2-5-16-7-9/h8-9,11,14H,2-7H2,1H3,(H2,12,13,15). The lowest BCUT2D eigenvalue weighted by atomic mass is 10.3. The van der Waals surface area contributed by atoms with Crippen molar-refractivity contribution in [3.8, 4) is 0 Å². The van der Waals surface area contributed by atoms with Crippen LogP contribution in [0.4, 0.5) is 4.79 Å². The molecule has 1 rings (SSSR count). The number of carbonyl (C=O) groups excluding carboxylic acids is 1. The number of hydrogen-bond donors (Lipinski definition) is 4. The van der Waals surface area contributed by atoms with Gasteiger partial charge in [0.05, 0.1) is 18.8 Å². The molecule has 1 aliphatic rings. The summed E-state index contributed by atoms with van der Waals surface area (Å²) in [7, 11) is 0. The van der Waals surface area contributed by atoms with Crippen molar-refractivity contribution in [2.75, 3.05) is 32.8 Å². The summed E-state index contributed by atoms with van der Waals surface area (Å²) < 4.78 is 5.14. The molecular formula is C10H21N3O3. The highest BCUT2D eigenvalue weighted by Gasteiger charge is 2.16. The molecule has 0 bridgehead atoms. The normalized spacial score (nSPS) is 21.8. The maximum atomic E-state index is 11.3. The predicted molar refractivity (Wildman–Crippen MR) is 60.3 cm³/mol. The topological polar surface area (TPSA) is 82.6 Å². The average molecular weight is 231 g/mol. The molecule has 4 N–H and O–H groups in total. The smallest absolute Gasteiger partial charge is 0.315 e. The van der Waals surface area contributed by atoms with Gasteiger partial charge in [0.2, 0.25) is 0 Å². The minimum atomic E-state index is -0.357. The van der Waals surface area contributed by atoms with Crippen LogP contribution in [0.25, 0.3) is 0 Å². The van der Waals surface area contributed by atoms with E-state index in [4.69, 9.17) is 9.84 Å². The SMILES string of the molecule is CC(O)CNCCNC(=O)NC1CCOC1. The molecule has 0 saturated carbocycles. The van der Waals surface area contributed by atoms with Gasteiger partial charge in [-0.05, 0) is 13.3 Å². The molecule has 6 nitrogen and oxygen atoms in total. The van der Waals surface area contributed by atoms with Crippen LogP contribution < -0.4 is 16.0 Å². The molecule has 0 aromatic heterocycles. The lowest BCUT2D eigenvalue weighted by Gasteiger charge is -2.12. The highest BCUT2D eigenvalue weighted by atomic mass is 16.5. The van der Waals surface area contributed by atoms with Crippen LogP contribution in [0, 0.1) is 0 Å². The largest absolute Gasteiger partial charge is 0.392 e. The van der Waals surface area contributed by atoms with Crippen molar-refractivity contribution in [3.63, 3.8) is 0 Å². The quantitative estimate of drug-likeness (QED) is 0.444. The highest BCUT2D eigenvalue weighted by molar-refractivity contribution is 5.74. The van der Waals surface area contributed by atoms with E-state index in [0.717, 1.165) is 13.0 Å². The van der Waals surface area contributed by atoms with Crippen LogP contribution in [0.5, 0.6) is 0 Å². The Morgan fingerprint density at radius 2 is 2.38 bits per heavy atom. The van der Waals surface area contributed by atoms with Gasteiger partial charge in [-0.15, -0.1) is 0 Å². The molecule has 0 spiro atoms. The van der Waals surface area contributed by atoms with E-state index < -0.39 is 0 Å². The zero-order valence-electron chi connectivity index (χ0n) is 9.66. The van der Waals surface area contributed by atoms with Gasteiger partial charge in [-0.1, -0.05) is 0 Å². The maximum Gasteiger partial charge on any atom is 0.315 e. The number of aliphatic hydroxyl groups excluding tert-OH is 1. The van der Waals surface area contributed by atoms with E-state index in [9.17, 15) is 4.79 Å². The van der Waals surface area contributed by atoms with E-state index >= 15 is 0 Å². The molecule has 1 saturated heterocycles. The molecule has 1 heterocycles. The van der Waals surface area contributed by atoms with Crippen LogP contribution in [-0.4, -0.2) is 56.1 Å². The summed E-state index contributed by atoms with van der Waals surface area (Å²) >= 11 is 0. The molecule has 94 valence electrons. The molecule has 2 atom stereocenters. The van der Waals surface area contributed by atoms with Crippen molar-refractivity contribution in [1.82, 2.24) is 16.0 Å². The number of hydrogen-bond acceptors (Lipinski definition) is 4. The molecule has 0 radical (unpaired) electrons. The van der Waals surface area contributed by atoms with E-state index in [1.165, 1.54) is 0 Å². The van der Waals surface area contributed by atoms with Gasteiger partial charge in [0.1, 0.15) is 0 Å². The van der Waals surface area contributed by atoms with Gasteiger partial charge in [0, 0.05) is 26.2 Å². The first-order valence-corrected chi connectivity index (χ1v) is 5.69. The molecule has 2 amide bonds. The summed E-state index contributed by atoms with van der Waals surface area (Å²) in [5.74, 6) is 0. The fraction of sp³-hybridized carbons (Fsp3) is 0.900. The third kappa shape index (κ3) is 5.89. The molecule has 0 aliphatic carbocycles. The molecule has 1 aliphatic heterocycles. The Morgan fingerprint density at radius 1 is 1.56 bits per heavy atom. The van der Waals surface area contributed by atoms with Crippen molar-refractivity contribution in [1.29, 1.82) is 0 Å². The van der Waals surface area contributed by atoms with E-state index in [1.54, 1.807) is 6.92 Å². The predicted octanol–water partition coefficient (Wildman–Crippen LogP) is -0.955. The van der Waals surface area contributed by atoms with Gasteiger partial charge in [0.15, 0.2) is 0 Å². The Hall–Kier alpha value is -0.850. The molecule has 1 fully saturated rings. The maximum absolute atomic E-state index is 11.3. The lowest BCUT2D eigenvalue weighted by molar-refractivity contribution is 0.188. The van der Waals surface area contributed by atoms with Crippen LogP contribution in [0.15, 0.2) is 0 Å². The first kappa shape index (κ1) is 13.2. The summed E-state index contributed by atoms with van der Waals surface area (Å²) in [5, 5.41) is 17.6. The van der Waals surface area contributed by atoms with Gasteiger partial charge in [-0.25, -0.2) is 4.79 Å². The minimum Gasteiger partial charge on any atom is -0.392 e. The van der Waals surface area contributed by atoms with Crippen molar-refractivity contribution in [2.45, 2.75) is 25.5 Å². The number of carbonyl (C=O) groups is 1. The second-order valence-electron chi connectivity index (χ2n) is 4.01. The molecule has 6 heteroatoms. The monoisotopic (exact) mass is 231 g/mol. The zero-order chi connectivity index (χ0) is 11.8. The minimum absolute atomic E-state index is 0.144. The third-order valence-corrected chi connectivity index (χ3v) is 2.29. The van der Waals surface area contributed by atoms with Crippen molar-refractivity contribution in [3.05, 3.63) is 0 Å². The summed E-state index contributed by atoms with van der Waals surface area (Å²) in [5.41, 5.74) is 0. The van der Waals surface area contributed by atoms with Crippen LogP contribution >= 0.6 is 0 Å². The van der Waals surface area contributed by atoms with Gasteiger partial charge in [-0.2, -0.15) is 0 Å². The summed E-state index contributed by atoms with van der Waals surface area (Å²) in [4.78, 5) is 11.3. The number of nitrogens with one attached hydrogen (secondary N) is 3. The van der Waals surface area contributed by atoms with E-state index in [0.29, 0.717) is 26.2 Å². The van der Waals surface area contributed by atoms with Gasteiger partial charge >= 0.3 is 6.03 Å². The van der Waals surface area contributed by atoms with Gasteiger partial charge in [0.25, 0.3) is 0 Å². The Kier molecular flexibility index (Phi) is 6.14. The fourth-order valence-corrected chi connectivity index (χ4v) is 1.46. The number of urea groups is 1. The van der Waals surface area contributed by atoms with Crippen LogP contribution in [0.3, 0.4) is 0 Å². The molecular weight excluding hydrogens is 210 g/mol. The van der Waals surface area contributed by atoms with E-state index in [1.807, 2.05) is 0 Å². The number of ether oxygens (including phenoxy) is 1. The van der Waals surface area contributed by atoms with Crippen molar-refractivity contribution < 1.29 is 14.6 Å². The van der Waals surface area contributed by atoms with Crippen LogP contribution in [0.1, 0.15) is 13.3 Å². The lowest BCUT2D eigenvalue weighted by Crippen LogP contribution is -2.44. The zero-order valence-corrected chi connectivity index (χ0v) is 9.66. The second kappa shape index (κ2) is 7.43. The summed E-state index contributed by atoms with van der Waals surface area (Å²) in [6.07, 6.45) is 0.526. The molecule has 2 unspecified atom stereocenters. The molecule has 16 heavy (non-hydrogen) atoms. The second-order valence-corrected chi connectivity index (χ2v) is 4.01. The molecule has 0 aromatic carbocycles. The van der Waals surface area contributed by atoms with E-state index in [2.05, 4.69) is 16.0 Å². The Bertz CT molecular complexity index is 205. The first-order valence-electron chi connectivity index (χ1n) is 5.69. The number of amides is 2. The van der Waals surface area contributed by atoms with Gasteiger partial charge in [-0.3, -0.25) is 0 Å². The highest BCUT2D eigenvalue weighted by Crippen LogP contribution is 2.02. The van der Waals surface area contributed by atoms with Crippen LogP contribution in [0.2, 0.25) is 0 Å². The Morgan fingerprint density at radius 3 is 3.00 bits per heavy atom. The first-order chi connectivity index (χ1) is 7.68. The van der Waals surface area contributed by atoms with Crippen LogP contribution in [-0.2, 0) is 4.74 Å². The van der Waals surface area contributed by atoms with Crippen molar-refractivity contribution >= 4 is 6.03 Å². The Balaban J connectivity index is 1.93. The van der Waals surface area contributed by atoms with E-state index in [-0.39, 0.29) is 18.2 Å². The number of aliphatic hydroxyl groups is 1. The molecule has 0 aromatic rings. The van der Waals surface area contributed by atoms with Gasteiger partial charge < -0.3 is 25.8 Å². The third-order valence-electron chi connectivity index (χ3n) is 2.29. The summed E-state index contributed by atoms with van der Waals surface area (Å²) in [6.45, 7) is 4.78. The fourth-order valence-electron chi connectivity index (χ4n) is 1.46.